The average molecular weight is 588 g/mol. The minimum Gasteiger partial charge on any atom is -0.481 e. The van der Waals surface area contributed by atoms with Gasteiger partial charge in [0.15, 0.2) is 5.69 Å². The van der Waals surface area contributed by atoms with Gasteiger partial charge in [0.25, 0.3) is 5.91 Å². The molecule has 2 N–H and O–H groups in total. The predicted molar refractivity (Wildman–Crippen MR) is 140 cm³/mol. The van der Waals surface area contributed by atoms with Crippen LogP contribution in [-0.4, -0.2) is 49.4 Å². The van der Waals surface area contributed by atoms with Gasteiger partial charge in [-0.25, -0.2) is 0 Å². The molecule has 0 saturated heterocycles. The van der Waals surface area contributed by atoms with Crippen molar-refractivity contribution in [3.63, 3.8) is 0 Å². The molecule has 39 heavy (non-hydrogen) atoms. The standard InChI is InChI=1S/C27H33ClF3N3O4S/c1-25(2)18-10-15(11-19(18)25)33(13-20(35)16-6-9-39-22(16)28)23(36)17-12-32-34(21(17)27(29,30)31)14-4-7-26(3,8-5-14)24(37)38/h6,9,12,14-15,18-20,35H,4-5,7-8,10-11,13H2,1-3H3,(H,37,38)/t14-,15-,18+,19-,20?,26-. The van der Waals surface area contributed by atoms with Crippen LogP contribution < -0.4 is 0 Å². The summed E-state index contributed by atoms with van der Waals surface area (Å²) in [4.78, 5) is 26.9. The summed E-state index contributed by atoms with van der Waals surface area (Å²) in [6.07, 6.45) is -2.83. The Bertz CT molecular complexity index is 1250. The van der Waals surface area contributed by atoms with Crippen molar-refractivity contribution in [3.05, 3.63) is 38.8 Å². The minimum absolute atomic E-state index is 0.147. The van der Waals surface area contributed by atoms with Gasteiger partial charge < -0.3 is 15.1 Å². The summed E-state index contributed by atoms with van der Waals surface area (Å²) in [5, 5.41) is 26.2. The zero-order valence-electron chi connectivity index (χ0n) is 22.0. The number of thiophene rings is 1. The normalized spacial score (nSPS) is 30.6. The number of hydrogen-bond acceptors (Lipinski definition) is 5. The predicted octanol–water partition coefficient (Wildman–Crippen LogP) is 6.43. The van der Waals surface area contributed by atoms with Gasteiger partial charge in [0.2, 0.25) is 0 Å². The summed E-state index contributed by atoms with van der Waals surface area (Å²) in [6, 6.07) is 0.685. The summed E-state index contributed by atoms with van der Waals surface area (Å²) in [5.74, 6) is -1.01. The van der Waals surface area contributed by atoms with Crippen LogP contribution in [0.5, 0.6) is 0 Å². The molecule has 0 bridgehead atoms. The molecule has 5 rings (SSSR count). The number of aliphatic hydroxyl groups is 1. The Morgan fingerprint density at radius 1 is 1.23 bits per heavy atom. The molecule has 3 aliphatic rings. The average Bonchev–Trinajstić information content (AvgIpc) is 3.42. The van der Waals surface area contributed by atoms with E-state index in [1.165, 1.54) is 16.2 Å². The van der Waals surface area contributed by atoms with E-state index in [1.807, 2.05) is 0 Å². The van der Waals surface area contributed by atoms with E-state index >= 15 is 0 Å². The molecule has 0 aromatic carbocycles. The van der Waals surface area contributed by atoms with Gasteiger partial charge in [0.05, 0.1) is 40.2 Å². The summed E-state index contributed by atoms with van der Waals surface area (Å²) in [7, 11) is 0. The van der Waals surface area contributed by atoms with Crippen molar-refractivity contribution in [2.75, 3.05) is 6.54 Å². The van der Waals surface area contributed by atoms with Gasteiger partial charge in [-0.1, -0.05) is 25.4 Å². The molecule has 4 atom stereocenters. The van der Waals surface area contributed by atoms with Crippen LogP contribution in [0.25, 0.3) is 0 Å². The van der Waals surface area contributed by atoms with E-state index in [0.717, 1.165) is 10.9 Å². The largest absolute Gasteiger partial charge is 0.481 e. The Morgan fingerprint density at radius 3 is 2.36 bits per heavy atom. The van der Waals surface area contributed by atoms with Crippen LogP contribution in [0, 0.1) is 22.7 Å². The van der Waals surface area contributed by atoms with Crippen molar-refractivity contribution >= 4 is 34.8 Å². The number of carbonyl (C=O) groups excluding carboxylic acids is 1. The van der Waals surface area contributed by atoms with Crippen molar-refractivity contribution in [1.82, 2.24) is 14.7 Å². The number of fused-ring (bicyclic) bond motifs is 1. The fourth-order valence-corrected chi connectivity index (χ4v) is 7.90. The highest BCUT2D eigenvalue weighted by Gasteiger charge is 2.63. The van der Waals surface area contributed by atoms with Crippen molar-refractivity contribution < 1.29 is 33.0 Å². The molecule has 1 unspecified atom stereocenters. The van der Waals surface area contributed by atoms with E-state index in [1.54, 1.807) is 18.4 Å². The SMILES string of the molecule is CC1(C)[C@@H]2C[C@H](N(CC(O)c3ccsc3Cl)C(=O)c3cnn([C@H]4CC[C@](C)(C(=O)O)CC4)c3C(F)(F)F)C[C@@H]21. The Hall–Kier alpha value is -2.11. The number of aliphatic carboxylic acids is 1. The van der Waals surface area contributed by atoms with E-state index in [9.17, 15) is 33.0 Å². The highest BCUT2D eigenvalue weighted by atomic mass is 35.5. The number of carboxylic acid groups (broad SMARTS) is 1. The number of rotatable bonds is 7. The van der Waals surface area contributed by atoms with Gasteiger partial charge in [0.1, 0.15) is 0 Å². The summed E-state index contributed by atoms with van der Waals surface area (Å²) in [5.41, 5.74) is -2.06. The summed E-state index contributed by atoms with van der Waals surface area (Å²) >= 11 is 7.45. The van der Waals surface area contributed by atoms with Crippen molar-refractivity contribution in [1.29, 1.82) is 0 Å². The Morgan fingerprint density at radius 2 is 1.85 bits per heavy atom. The Labute approximate surface area is 233 Å². The molecule has 0 spiro atoms. The first-order chi connectivity index (χ1) is 18.1. The van der Waals surface area contributed by atoms with Gasteiger partial charge in [-0.05, 0) is 74.1 Å². The number of aliphatic hydroxyl groups excluding tert-OH is 1. The van der Waals surface area contributed by atoms with Crippen LogP contribution in [0.1, 0.15) is 93.1 Å². The lowest BCUT2D eigenvalue weighted by Gasteiger charge is -2.35. The van der Waals surface area contributed by atoms with Crippen LogP contribution in [0.4, 0.5) is 13.2 Å². The number of amides is 1. The molecule has 12 heteroatoms. The number of nitrogens with zero attached hydrogens (tertiary/aromatic N) is 3. The molecule has 1 amide bonds. The van der Waals surface area contributed by atoms with Crippen molar-refractivity contribution in [2.45, 2.75) is 83.7 Å². The molecule has 3 saturated carbocycles. The first kappa shape index (κ1) is 28.4. The van der Waals surface area contributed by atoms with Crippen molar-refractivity contribution in [2.24, 2.45) is 22.7 Å². The summed E-state index contributed by atoms with van der Waals surface area (Å²) in [6.45, 7) is 5.75. The molecule has 0 radical (unpaired) electrons. The number of halogens is 4. The fourth-order valence-electron chi connectivity index (χ4n) is 6.89. The van der Waals surface area contributed by atoms with Crippen LogP contribution in [-0.2, 0) is 11.0 Å². The smallest absolute Gasteiger partial charge is 0.433 e. The molecule has 3 aliphatic carbocycles. The zero-order chi connectivity index (χ0) is 28.5. The second kappa shape index (κ2) is 9.76. The van der Waals surface area contributed by atoms with Gasteiger partial charge >= 0.3 is 12.1 Å². The van der Waals surface area contributed by atoms with Crippen LogP contribution >= 0.6 is 22.9 Å². The monoisotopic (exact) mass is 587 g/mol. The maximum Gasteiger partial charge on any atom is 0.433 e. The fraction of sp³-hybridized carbons (Fsp3) is 0.667. The van der Waals surface area contributed by atoms with Gasteiger partial charge in [-0.2, -0.15) is 18.3 Å². The third-order valence-corrected chi connectivity index (χ3v) is 10.8. The number of carbonyl (C=O) groups is 2. The quantitative estimate of drug-likeness (QED) is 0.389. The number of hydrogen-bond donors (Lipinski definition) is 2. The number of aromatic nitrogens is 2. The molecule has 7 nitrogen and oxygen atoms in total. The van der Waals surface area contributed by atoms with E-state index in [0.29, 0.717) is 34.6 Å². The highest BCUT2D eigenvalue weighted by molar-refractivity contribution is 7.14. The van der Waals surface area contributed by atoms with Crippen molar-refractivity contribution in [3.8, 4) is 0 Å². The van der Waals surface area contributed by atoms with E-state index in [2.05, 4.69) is 18.9 Å². The topological polar surface area (TPSA) is 95.7 Å². The van der Waals surface area contributed by atoms with E-state index in [-0.39, 0.29) is 43.7 Å². The highest BCUT2D eigenvalue weighted by Crippen LogP contribution is 2.67. The maximum absolute atomic E-state index is 14.5. The third kappa shape index (κ3) is 4.99. The molecule has 214 valence electrons. The van der Waals surface area contributed by atoms with Crippen LogP contribution in [0.2, 0.25) is 4.34 Å². The zero-order valence-corrected chi connectivity index (χ0v) is 23.6. The van der Waals surface area contributed by atoms with Gasteiger partial charge in [-0.15, -0.1) is 11.3 Å². The lowest BCUT2D eigenvalue weighted by atomic mass is 9.74. The molecular weight excluding hydrogens is 555 g/mol. The molecular formula is C27H33ClF3N3O4S. The summed E-state index contributed by atoms with van der Waals surface area (Å²) < 4.78 is 44.7. The minimum atomic E-state index is -4.85. The second-order valence-electron chi connectivity index (χ2n) is 12.2. The lowest BCUT2D eigenvalue weighted by molar-refractivity contribution is -0.152. The lowest BCUT2D eigenvalue weighted by Crippen LogP contribution is -2.43. The maximum atomic E-state index is 14.5. The third-order valence-electron chi connectivity index (χ3n) is 9.63. The number of alkyl halides is 3. The molecule has 3 fully saturated rings. The van der Waals surface area contributed by atoms with E-state index in [4.69, 9.17) is 11.6 Å². The Kier molecular flexibility index (Phi) is 7.12. The molecule has 2 heterocycles. The molecule has 2 aromatic heterocycles. The molecule has 2 aromatic rings. The first-order valence-corrected chi connectivity index (χ1v) is 14.5. The Balaban J connectivity index is 1.45. The van der Waals surface area contributed by atoms with Crippen LogP contribution in [0.3, 0.4) is 0 Å². The number of carboxylic acids is 1. The second-order valence-corrected chi connectivity index (χ2v) is 13.7. The van der Waals surface area contributed by atoms with Gasteiger partial charge in [-0.3, -0.25) is 14.3 Å². The van der Waals surface area contributed by atoms with E-state index < -0.39 is 46.9 Å². The van der Waals surface area contributed by atoms with Crippen LogP contribution in [0.15, 0.2) is 17.6 Å². The molecule has 0 aliphatic heterocycles. The van der Waals surface area contributed by atoms with Gasteiger partial charge in [0, 0.05) is 11.6 Å². The first-order valence-electron chi connectivity index (χ1n) is 13.2.